The van der Waals surface area contributed by atoms with Gasteiger partial charge in [0.25, 0.3) is 5.91 Å². The first-order chi connectivity index (χ1) is 20.9. The molecule has 2 aromatic carbocycles. The molecule has 1 aliphatic carbocycles. The van der Waals surface area contributed by atoms with Crippen LogP contribution >= 0.6 is 0 Å². The van der Waals surface area contributed by atoms with Gasteiger partial charge in [0.2, 0.25) is 11.8 Å². The van der Waals surface area contributed by atoms with Gasteiger partial charge in [-0.15, -0.1) is 0 Å². The van der Waals surface area contributed by atoms with Crippen LogP contribution in [0.4, 0.5) is 28.9 Å². The molecular formula is C32H39F4N5O3. The van der Waals surface area contributed by atoms with E-state index in [4.69, 9.17) is 0 Å². The number of hydrogen-bond donors (Lipinski definition) is 3. The average molecular weight is 618 g/mol. The number of alkyl halides is 3. The fraction of sp³-hybridized carbons (Fsp3) is 0.531. The molecule has 3 unspecified atom stereocenters. The molecule has 2 aromatic rings. The Morgan fingerprint density at radius 3 is 2.48 bits per heavy atom. The summed E-state index contributed by atoms with van der Waals surface area (Å²) in [6, 6.07) is 9.31. The van der Waals surface area contributed by atoms with E-state index in [9.17, 15) is 27.6 Å². The van der Waals surface area contributed by atoms with E-state index in [1.54, 1.807) is 18.2 Å². The van der Waals surface area contributed by atoms with Crippen molar-refractivity contribution in [3.63, 3.8) is 0 Å². The lowest BCUT2D eigenvalue weighted by molar-refractivity contribution is -0.197. The number of piperazine rings is 1. The summed E-state index contributed by atoms with van der Waals surface area (Å²) in [6.45, 7) is 3.56. The molecule has 8 nitrogen and oxygen atoms in total. The first-order valence-corrected chi connectivity index (χ1v) is 15.2. The molecule has 238 valence electrons. The fourth-order valence-electron chi connectivity index (χ4n) is 6.38. The van der Waals surface area contributed by atoms with Crippen LogP contribution in [0, 0.1) is 17.7 Å². The van der Waals surface area contributed by atoms with Crippen molar-refractivity contribution in [1.29, 1.82) is 0 Å². The molecule has 1 saturated carbocycles. The number of rotatable bonds is 6. The number of hydrogen-bond acceptors (Lipinski definition) is 5. The van der Waals surface area contributed by atoms with Gasteiger partial charge in [0.05, 0.1) is 23.2 Å². The summed E-state index contributed by atoms with van der Waals surface area (Å²) in [4.78, 5) is 42.4. The van der Waals surface area contributed by atoms with E-state index in [0.29, 0.717) is 29.9 Å². The molecule has 3 amide bonds. The Balaban J connectivity index is 1.47. The number of likely N-dealkylation sites (N-methyl/N-ethyl adjacent to an activating group) is 1. The Kier molecular flexibility index (Phi) is 9.48. The van der Waals surface area contributed by atoms with Gasteiger partial charge >= 0.3 is 6.18 Å². The first-order valence-electron chi connectivity index (χ1n) is 15.2. The van der Waals surface area contributed by atoms with Crippen LogP contribution in [-0.2, 0) is 9.59 Å². The summed E-state index contributed by atoms with van der Waals surface area (Å²) in [7, 11) is 2.00. The molecule has 3 N–H and O–H groups in total. The second kappa shape index (κ2) is 13.1. The highest BCUT2D eigenvalue weighted by Crippen LogP contribution is 2.39. The Hall–Kier alpha value is -3.67. The summed E-state index contributed by atoms with van der Waals surface area (Å²) in [6.07, 6.45) is -0.539. The third-order valence-corrected chi connectivity index (χ3v) is 9.20. The zero-order chi connectivity index (χ0) is 31.6. The van der Waals surface area contributed by atoms with Crippen LogP contribution < -0.4 is 20.9 Å². The van der Waals surface area contributed by atoms with Crippen molar-refractivity contribution < 1.29 is 31.9 Å². The van der Waals surface area contributed by atoms with Crippen molar-refractivity contribution in [3.05, 3.63) is 47.8 Å². The maximum Gasteiger partial charge on any atom is 0.393 e. The number of carbonyl (C=O) groups excluding carboxylic acids is 3. The molecule has 2 heterocycles. The Morgan fingerprint density at radius 1 is 1.02 bits per heavy atom. The molecule has 3 fully saturated rings. The standard InChI is InChI=1S/C32H39F4N5O3/c1-19-18-41(13-12-40(19)2)28-11-9-20(15-27(28)39-31(44)24-17-37-29(42)16-25(24)32(34,35)36)23-14-21(8-10-26(23)33)30(43)38-22-6-4-3-5-7-22/h8-11,14-15,19,22,24-25H,3-7,12-13,16-18H2,1-2H3,(H,37,42)(H,38,43)(H,39,44). The molecule has 0 radical (unpaired) electrons. The van der Waals surface area contributed by atoms with Crippen molar-refractivity contribution in [2.45, 2.75) is 63.7 Å². The fourth-order valence-corrected chi connectivity index (χ4v) is 6.38. The van der Waals surface area contributed by atoms with E-state index in [1.807, 2.05) is 11.9 Å². The number of nitrogens with zero attached hydrogens (tertiary/aromatic N) is 2. The van der Waals surface area contributed by atoms with Crippen LogP contribution in [-0.4, -0.2) is 74.1 Å². The Bertz CT molecular complexity index is 1390. The highest BCUT2D eigenvalue weighted by molar-refractivity contribution is 5.99. The monoisotopic (exact) mass is 617 g/mol. The van der Waals surface area contributed by atoms with E-state index in [2.05, 4.69) is 27.8 Å². The van der Waals surface area contributed by atoms with Gasteiger partial charge in [-0.25, -0.2) is 4.39 Å². The zero-order valence-corrected chi connectivity index (χ0v) is 25.0. The minimum Gasteiger partial charge on any atom is -0.367 e. The third-order valence-electron chi connectivity index (χ3n) is 9.20. The SMILES string of the molecule is CC1CN(c2ccc(-c3cc(C(=O)NC4CCCCC4)ccc3F)cc2NC(=O)C2CNC(=O)CC2C(F)(F)F)CCN1C. The normalized spacial score (nSPS) is 23.6. The summed E-state index contributed by atoms with van der Waals surface area (Å²) >= 11 is 0. The van der Waals surface area contributed by atoms with Crippen LogP contribution in [0.15, 0.2) is 36.4 Å². The second-order valence-corrected chi connectivity index (χ2v) is 12.3. The molecule has 3 aliphatic rings. The van der Waals surface area contributed by atoms with Crippen LogP contribution in [0.5, 0.6) is 0 Å². The summed E-state index contributed by atoms with van der Waals surface area (Å²) < 4.78 is 56.8. The molecule has 44 heavy (non-hydrogen) atoms. The summed E-state index contributed by atoms with van der Waals surface area (Å²) in [5, 5.41) is 8.11. The molecule has 0 aromatic heterocycles. The lowest BCUT2D eigenvalue weighted by atomic mass is 9.84. The van der Waals surface area contributed by atoms with Crippen molar-refractivity contribution in [2.24, 2.45) is 11.8 Å². The van der Waals surface area contributed by atoms with Gasteiger partial charge in [0.1, 0.15) is 5.82 Å². The highest BCUT2D eigenvalue weighted by atomic mass is 19.4. The highest BCUT2D eigenvalue weighted by Gasteiger charge is 2.50. The second-order valence-electron chi connectivity index (χ2n) is 12.3. The van der Waals surface area contributed by atoms with Gasteiger partial charge in [0, 0.05) is 55.8 Å². The molecule has 2 saturated heterocycles. The van der Waals surface area contributed by atoms with Crippen molar-refractivity contribution in [1.82, 2.24) is 15.5 Å². The van der Waals surface area contributed by atoms with E-state index < -0.39 is 48.6 Å². The maximum absolute atomic E-state index is 15.2. The smallest absolute Gasteiger partial charge is 0.367 e. The summed E-state index contributed by atoms with van der Waals surface area (Å²) in [5.41, 5.74) is 1.62. The van der Waals surface area contributed by atoms with Crippen molar-refractivity contribution >= 4 is 29.1 Å². The minimum absolute atomic E-state index is 0.0712. The molecule has 2 aliphatic heterocycles. The number of anilines is 2. The number of benzene rings is 2. The lowest BCUT2D eigenvalue weighted by Gasteiger charge is -2.40. The van der Waals surface area contributed by atoms with Crippen LogP contribution in [0.3, 0.4) is 0 Å². The molecule has 0 bridgehead atoms. The van der Waals surface area contributed by atoms with Gasteiger partial charge in [-0.3, -0.25) is 14.4 Å². The first kappa shape index (κ1) is 31.7. The minimum atomic E-state index is -4.74. The van der Waals surface area contributed by atoms with Crippen LogP contribution in [0.25, 0.3) is 11.1 Å². The number of carbonyl (C=O) groups is 3. The maximum atomic E-state index is 15.2. The van der Waals surface area contributed by atoms with Crippen molar-refractivity contribution in [3.8, 4) is 11.1 Å². The van der Waals surface area contributed by atoms with E-state index >= 15 is 4.39 Å². The van der Waals surface area contributed by atoms with Gasteiger partial charge in [-0.1, -0.05) is 25.3 Å². The molecule has 0 spiro atoms. The predicted octanol–water partition coefficient (Wildman–Crippen LogP) is 4.95. The van der Waals surface area contributed by atoms with Gasteiger partial charge in [-0.2, -0.15) is 13.2 Å². The van der Waals surface area contributed by atoms with Gasteiger partial charge in [0.15, 0.2) is 0 Å². The molecular weight excluding hydrogens is 578 g/mol. The topological polar surface area (TPSA) is 93.8 Å². The van der Waals surface area contributed by atoms with E-state index in [0.717, 1.165) is 38.6 Å². The van der Waals surface area contributed by atoms with Gasteiger partial charge in [-0.05, 0) is 62.7 Å². The number of nitrogens with one attached hydrogen (secondary N) is 3. The number of halogens is 4. The Morgan fingerprint density at radius 2 is 1.77 bits per heavy atom. The van der Waals surface area contributed by atoms with Crippen LogP contribution in [0.1, 0.15) is 55.8 Å². The molecule has 5 rings (SSSR count). The Labute approximate surface area is 254 Å². The van der Waals surface area contributed by atoms with Gasteiger partial charge < -0.3 is 25.8 Å². The number of amides is 3. The number of piperidine rings is 1. The predicted molar refractivity (Wildman–Crippen MR) is 160 cm³/mol. The summed E-state index contributed by atoms with van der Waals surface area (Å²) in [5.74, 6) is -6.17. The quantitative estimate of drug-likeness (QED) is 0.399. The van der Waals surface area contributed by atoms with Crippen molar-refractivity contribution in [2.75, 3.05) is 43.4 Å². The largest absolute Gasteiger partial charge is 0.393 e. The lowest BCUT2D eigenvalue weighted by Crippen LogP contribution is -2.51. The van der Waals surface area contributed by atoms with E-state index in [1.165, 1.54) is 18.2 Å². The third kappa shape index (κ3) is 7.17. The zero-order valence-electron chi connectivity index (χ0n) is 25.0. The average Bonchev–Trinajstić information content (AvgIpc) is 2.99. The molecule has 3 atom stereocenters. The molecule has 12 heteroatoms. The van der Waals surface area contributed by atoms with Crippen LogP contribution in [0.2, 0.25) is 0 Å². The van der Waals surface area contributed by atoms with E-state index in [-0.39, 0.29) is 29.2 Å².